The molecule has 0 aliphatic rings. The van der Waals surface area contributed by atoms with E-state index in [0.717, 1.165) is 0 Å². The quantitative estimate of drug-likeness (QED) is 0.419. The van der Waals surface area contributed by atoms with Gasteiger partial charge in [0, 0.05) is 0 Å². The predicted octanol–water partition coefficient (Wildman–Crippen LogP) is 6.02. The van der Waals surface area contributed by atoms with Crippen molar-refractivity contribution >= 4 is 0 Å². The summed E-state index contributed by atoms with van der Waals surface area (Å²) < 4.78 is 0. The molecule has 0 N–H and O–H groups in total. The van der Waals surface area contributed by atoms with Gasteiger partial charge in [-0.3, -0.25) is 0 Å². The lowest BCUT2D eigenvalue weighted by Gasteiger charge is -1.49. The van der Waals surface area contributed by atoms with Gasteiger partial charge in [-0.25, -0.2) is 0 Å². The van der Waals surface area contributed by atoms with Gasteiger partial charge in [-0.15, -0.1) is 0 Å². The first-order valence-corrected chi connectivity index (χ1v) is 4.46. The van der Waals surface area contributed by atoms with Crippen LogP contribution in [0.25, 0.3) is 0 Å². The van der Waals surface area contributed by atoms with E-state index in [-0.39, 0.29) is 14.9 Å². The van der Waals surface area contributed by atoms with Crippen LogP contribution in [0.15, 0.2) is 36.5 Å². The van der Waals surface area contributed by atoms with Crippen molar-refractivity contribution in [1.29, 1.82) is 0 Å². The van der Waals surface area contributed by atoms with Crippen LogP contribution in [-0.2, 0) is 0 Å². The molecule has 0 aromatic carbocycles. The average Bonchev–Trinajstić information content (AvgIpc) is 2.18. The van der Waals surface area contributed by atoms with Gasteiger partial charge in [0.1, 0.15) is 0 Å². The van der Waals surface area contributed by atoms with E-state index in [2.05, 4.69) is 0 Å². The summed E-state index contributed by atoms with van der Waals surface area (Å²) in [5.74, 6) is 0. The van der Waals surface area contributed by atoms with E-state index in [1.807, 2.05) is 78.0 Å². The van der Waals surface area contributed by atoms with Gasteiger partial charge in [0.15, 0.2) is 0 Å². The Morgan fingerprint density at radius 1 is 0.357 bits per heavy atom. The molecule has 0 aromatic rings. The van der Waals surface area contributed by atoms with Gasteiger partial charge in [-0.2, -0.15) is 0 Å². The fraction of sp³-hybridized carbons (Fsp3) is 0.571. The molecule has 14 heavy (non-hydrogen) atoms. The second-order valence-electron chi connectivity index (χ2n) is 2.00. The van der Waals surface area contributed by atoms with Crippen molar-refractivity contribution in [3.63, 3.8) is 0 Å². The Labute approximate surface area is 93.4 Å². The first kappa shape index (κ1) is 29.2. The predicted molar refractivity (Wildman–Crippen MR) is 74.9 cm³/mol. The summed E-state index contributed by atoms with van der Waals surface area (Å²) in [5.41, 5.74) is 0. The van der Waals surface area contributed by atoms with Crippen LogP contribution in [0.4, 0.5) is 0 Å². The Morgan fingerprint density at radius 2 is 0.429 bits per heavy atom. The van der Waals surface area contributed by atoms with Crippen molar-refractivity contribution in [2.45, 2.75) is 56.4 Å². The van der Waals surface area contributed by atoms with Gasteiger partial charge >= 0.3 is 0 Å². The fourth-order valence-corrected chi connectivity index (χ4v) is 0. The molecule has 0 heteroatoms. The zero-order valence-electron chi connectivity index (χ0n) is 9.46. The van der Waals surface area contributed by atoms with Gasteiger partial charge in [-0.1, -0.05) is 51.3 Å². The Morgan fingerprint density at radius 3 is 0.429 bits per heavy atom. The van der Waals surface area contributed by atoms with Gasteiger partial charge in [0.25, 0.3) is 0 Å². The van der Waals surface area contributed by atoms with Crippen molar-refractivity contribution in [3.8, 4) is 0 Å². The van der Waals surface area contributed by atoms with Crippen molar-refractivity contribution in [2.24, 2.45) is 0 Å². The maximum atomic E-state index is 2.00. The number of rotatable bonds is 0. The van der Waals surface area contributed by atoms with E-state index in [1.165, 1.54) is 0 Å². The van der Waals surface area contributed by atoms with Crippen LogP contribution in [0.5, 0.6) is 0 Å². The molecular weight excluding hydrogens is 168 g/mol. The zero-order chi connectivity index (χ0) is 10.2. The number of hydrogen-bond acceptors (Lipinski definition) is 0. The summed E-state index contributed by atoms with van der Waals surface area (Å²) in [6, 6.07) is 0. The van der Waals surface area contributed by atoms with Crippen molar-refractivity contribution in [1.82, 2.24) is 0 Å². The van der Waals surface area contributed by atoms with Gasteiger partial charge in [0.2, 0.25) is 0 Å². The lowest BCUT2D eigenvalue weighted by Crippen LogP contribution is -1.26. The third-order valence-corrected chi connectivity index (χ3v) is 1.00. The molecule has 0 radical (unpaired) electrons. The molecule has 0 aliphatic carbocycles. The highest BCUT2D eigenvalue weighted by atomic mass is 13.4. The standard InChI is InChI=1S/3C4H8.2CH4/c3*1-3-4-2;;/h3*3-4H,1-2H3;2*1H4. The van der Waals surface area contributed by atoms with Crippen molar-refractivity contribution < 1.29 is 0 Å². The Hall–Kier alpha value is -0.780. The SMILES string of the molecule is C.C.CC=CC.CC=CC.CC=CC. The lowest BCUT2D eigenvalue weighted by molar-refractivity contribution is 1.64. The topological polar surface area (TPSA) is 0 Å². The molecule has 0 atom stereocenters. The lowest BCUT2D eigenvalue weighted by atomic mass is 10.6. The summed E-state index contributed by atoms with van der Waals surface area (Å²) in [6.07, 6.45) is 12.0. The summed E-state index contributed by atoms with van der Waals surface area (Å²) in [5, 5.41) is 0. The van der Waals surface area contributed by atoms with Crippen LogP contribution < -0.4 is 0 Å². The largest absolute Gasteiger partial charge is 0.0919 e. The molecule has 0 rings (SSSR count). The highest BCUT2D eigenvalue weighted by molar-refractivity contribution is 4.69. The Balaban J connectivity index is -0.0000000270. The van der Waals surface area contributed by atoms with Crippen LogP contribution in [0.3, 0.4) is 0 Å². The Bertz CT molecular complexity index is 69.4. The van der Waals surface area contributed by atoms with E-state index in [9.17, 15) is 0 Å². The molecule has 0 fully saturated rings. The molecule has 0 aliphatic heterocycles. The maximum absolute atomic E-state index is 2.00. The summed E-state index contributed by atoms with van der Waals surface area (Å²) in [4.78, 5) is 0. The molecule has 0 saturated carbocycles. The van der Waals surface area contributed by atoms with E-state index >= 15 is 0 Å². The molecule has 0 heterocycles. The van der Waals surface area contributed by atoms with E-state index < -0.39 is 0 Å². The average molecular weight is 200 g/mol. The molecule has 0 saturated heterocycles. The number of hydrogen-bond donors (Lipinski definition) is 0. The first-order valence-electron chi connectivity index (χ1n) is 4.46. The van der Waals surface area contributed by atoms with E-state index in [4.69, 9.17) is 0 Å². The van der Waals surface area contributed by atoms with Crippen LogP contribution in [0.2, 0.25) is 0 Å². The minimum Gasteiger partial charge on any atom is -0.0919 e. The summed E-state index contributed by atoms with van der Waals surface area (Å²) in [6.45, 7) is 12.0. The molecule has 0 amide bonds. The number of allylic oxidation sites excluding steroid dienone is 6. The highest BCUT2D eigenvalue weighted by Gasteiger charge is 1.35. The Kier molecular flexibility index (Phi) is 118. The van der Waals surface area contributed by atoms with Crippen molar-refractivity contribution in [2.75, 3.05) is 0 Å². The molecule has 88 valence electrons. The van der Waals surface area contributed by atoms with Crippen LogP contribution in [0.1, 0.15) is 56.4 Å². The molecule has 0 spiro atoms. The minimum absolute atomic E-state index is 0. The zero-order valence-corrected chi connectivity index (χ0v) is 9.46. The summed E-state index contributed by atoms with van der Waals surface area (Å²) >= 11 is 0. The highest BCUT2D eigenvalue weighted by Crippen LogP contribution is 1.57. The maximum Gasteiger partial charge on any atom is -0.0470 e. The fourth-order valence-electron chi connectivity index (χ4n) is 0. The normalized spacial score (nSPS) is 8.14. The molecule has 0 nitrogen and oxygen atoms in total. The second-order valence-corrected chi connectivity index (χ2v) is 2.00. The van der Waals surface area contributed by atoms with Crippen LogP contribution in [0, 0.1) is 0 Å². The van der Waals surface area contributed by atoms with Crippen LogP contribution >= 0.6 is 0 Å². The monoisotopic (exact) mass is 200 g/mol. The third kappa shape index (κ3) is 238. The third-order valence-electron chi connectivity index (χ3n) is 1.00. The van der Waals surface area contributed by atoms with Gasteiger partial charge in [0.05, 0.1) is 0 Å². The smallest absolute Gasteiger partial charge is 0.0470 e. The summed E-state index contributed by atoms with van der Waals surface area (Å²) in [7, 11) is 0. The first-order chi connectivity index (χ1) is 5.74. The van der Waals surface area contributed by atoms with Crippen molar-refractivity contribution in [3.05, 3.63) is 36.5 Å². The molecule has 0 bridgehead atoms. The minimum atomic E-state index is 0. The second kappa shape index (κ2) is 56.5. The van der Waals surface area contributed by atoms with E-state index in [1.54, 1.807) is 0 Å². The van der Waals surface area contributed by atoms with Gasteiger partial charge < -0.3 is 0 Å². The molecule has 0 unspecified atom stereocenters. The van der Waals surface area contributed by atoms with Crippen LogP contribution in [-0.4, -0.2) is 0 Å². The molecule has 0 aromatic heterocycles. The van der Waals surface area contributed by atoms with Gasteiger partial charge in [-0.05, 0) is 41.5 Å². The van der Waals surface area contributed by atoms with E-state index in [0.29, 0.717) is 0 Å². The molecular formula is C14H32.